The normalized spacial score (nSPS) is 27.2. The molecule has 0 aromatic rings. The van der Waals surface area contributed by atoms with Gasteiger partial charge in [0.15, 0.2) is 0 Å². The van der Waals surface area contributed by atoms with Crippen LogP contribution in [0.3, 0.4) is 0 Å². The van der Waals surface area contributed by atoms with Crippen LogP contribution in [-0.4, -0.2) is 31.3 Å². The van der Waals surface area contributed by atoms with Crippen LogP contribution in [-0.2, 0) is 4.79 Å². The molecule has 0 aromatic carbocycles. The van der Waals surface area contributed by atoms with Crippen molar-refractivity contribution in [2.45, 2.75) is 6.42 Å². The highest BCUT2D eigenvalue weighted by Crippen LogP contribution is 2.22. The molecule has 2 aliphatic heterocycles. The minimum Gasteiger partial charge on any atom is -0.365 e. The number of fused-ring (bicyclic) bond motifs is 1. The van der Waals surface area contributed by atoms with Crippen molar-refractivity contribution in [2.24, 2.45) is 16.6 Å². The van der Waals surface area contributed by atoms with Gasteiger partial charge in [-0.25, -0.2) is 0 Å². The smallest absolute Gasteiger partial charge is 0.263 e. The second-order valence-corrected chi connectivity index (χ2v) is 3.39. The number of hydrogen-bond acceptors (Lipinski definition) is 3. The van der Waals surface area contributed by atoms with Gasteiger partial charge >= 0.3 is 0 Å². The molecule has 2 rings (SSSR count). The first-order valence-electron chi connectivity index (χ1n) is 4.53. The first-order chi connectivity index (χ1) is 6.29. The largest absolute Gasteiger partial charge is 0.365 e. The van der Waals surface area contributed by atoms with Gasteiger partial charge in [0.2, 0.25) is 0 Å². The van der Waals surface area contributed by atoms with Crippen LogP contribution in [0, 0.1) is 5.92 Å². The maximum atomic E-state index is 11.1. The van der Waals surface area contributed by atoms with E-state index in [4.69, 9.17) is 5.73 Å². The number of aliphatic imine (C=N–C) groups is 1. The third-order valence-electron chi connectivity index (χ3n) is 2.58. The Morgan fingerprint density at radius 2 is 2.54 bits per heavy atom. The zero-order valence-electron chi connectivity index (χ0n) is 7.42. The fourth-order valence-electron chi connectivity index (χ4n) is 1.94. The minimum atomic E-state index is -0.363. The van der Waals surface area contributed by atoms with Crippen LogP contribution in [0.25, 0.3) is 0 Å². The van der Waals surface area contributed by atoms with Gasteiger partial charge < -0.3 is 11.1 Å². The molecule has 0 aromatic heterocycles. The van der Waals surface area contributed by atoms with Crippen molar-refractivity contribution >= 4 is 11.6 Å². The monoisotopic (exact) mass is 179 g/mol. The number of nitrogens with zero attached hydrogens (tertiary/aromatic N) is 1. The summed E-state index contributed by atoms with van der Waals surface area (Å²) in [6.07, 6.45) is 3.02. The summed E-state index contributed by atoms with van der Waals surface area (Å²) in [4.78, 5) is 15.2. The minimum absolute atomic E-state index is 0.187. The first-order valence-corrected chi connectivity index (χ1v) is 4.53. The maximum Gasteiger partial charge on any atom is 0.263 e. The third kappa shape index (κ3) is 1.49. The van der Waals surface area contributed by atoms with Crippen LogP contribution < -0.4 is 11.1 Å². The van der Waals surface area contributed by atoms with Crippen molar-refractivity contribution in [1.29, 1.82) is 0 Å². The summed E-state index contributed by atoms with van der Waals surface area (Å²) in [6.45, 7) is 2.41. The SMILES string of the molecule is NC(=O)C1=NCC=C2CNCCC21. The Labute approximate surface area is 76.9 Å². The number of carbonyl (C=O) groups is 1. The average Bonchev–Trinajstić information content (AvgIpc) is 2.17. The van der Waals surface area contributed by atoms with Crippen molar-refractivity contribution in [1.82, 2.24) is 5.32 Å². The fourth-order valence-corrected chi connectivity index (χ4v) is 1.94. The van der Waals surface area contributed by atoms with Crippen molar-refractivity contribution in [3.63, 3.8) is 0 Å². The van der Waals surface area contributed by atoms with E-state index in [1.54, 1.807) is 0 Å². The second-order valence-electron chi connectivity index (χ2n) is 3.39. The van der Waals surface area contributed by atoms with Crippen LogP contribution >= 0.6 is 0 Å². The molecule has 1 saturated heterocycles. The molecule has 2 heterocycles. The van der Waals surface area contributed by atoms with E-state index in [-0.39, 0.29) is 11.8 Å². The predicted octanol–water partition coefficient (Wildman–Crippen LogP) is -0.538. The lowest BCUT2D eigenvalue weighted by atomic mass is 9.85. The van der Waals surface area contributed by atoms with Gasteiger partial charge in [0.05, 0.1) is 6.54 Å². The van der Waals surface area contributed by atoms with Crippen molar-refractivity contribution < 1.29 is 4.79 Å². The van der Waals surface area contributed by atoms with Crippen molar-refractivity contribution in [3.8, 4) is 0 Å². The molecule has 13 heavy (non-hydrogen) atoms. The lowest BCUT2D eigenvalue weighted by Gasteiger charge is -2.28. The average molecular weight is 179 g/mol. The number of hydrogen-bond donors (Lipinski definition) is 2. The molecule has 0 saturated carbocycles. The molecule has 3 N–H and O–H groups in total. The molecule has 1 amide bonds. The van der Waals surface area contributed by atoms with Crippen molar-refractivity contribution in [2.75, 3.05) is 19.6 Å². The molecule has 2 aliphatic rings. The summed E-state index contributed by atoms with van der Waals surface area (Å²) < 4.78 is 0. The van der Waals surface area contributed by atoms with Gasteiger partial charge in [0.1, 0.15) is 5.71 Å². The summed E-state index contributed by atoms with van der Waals surface area (Å²) in [7, 11) is 0. The van der Waals surface area contributed by atoms with Gasteiger partial charge in [-0.2, -0.15) is 0 Å². The number of dihydropyridines is 1. The van der Waals surface area contributed by atoms with Crippen LogP contribution in [0.15, 0.2) is 16.6 Å². The topological polar surface area (TPSA) is 67.5 Å². The molecule has 1 atom stereocenters. The number of carbonyl (C=O) groups excluding carboxylic acids is 1. The number of primary amides is 1. The van der Waals surface area contributed by atoms with Crippen LogP contribution in [0.4, 0.5) is 0 Å². The Kier molecular flexibility index (Phi) is 2.14. The molecule has 0 radical (unpaired) electrons. The quantitative estimate of drug-likeness (QED) is 0.531. The van der Waals surface area contributed by atoms with Gasteiger partial charge in [-0.1, -0.05) is 6.08 Å². The summed E-state index contributed by atoms with van der Waals surface area (Å²) >= 11 is 0. The van der Waals surface area contributed by atoms with Gasteiger partial charge in [-0.05, 0) is 18.5 Å². The van der Waals surface area contributed by atoms with E-state index >= 15 is 0 Å². The molecule has 0 bridgehead atoms. The highest BCUT2D eigenvalue weighted by molar-refractivity contribution is 6.39. The molecule has 70 valence electrons. The number of amides is 1. The van der Waals surface area contributed by atoms with Crippen molar-refractivity contribution in [3.05, 3.63) is 11.6 Å². The molecule has 4 heteroatoms. The van der Waals surface area contributed by atoms with Crippen LogP contribution in [0.2, 0.25) is 0 Å². The molecule has 1 fully saturated rings. The van der Waals surface area contributed by atoms with E-state index in [1.807, 2.05) is 0 Å². The number of nitrogens with one attached hydrogen (secondary N) is 1. The van der Waals surface area contributed by atoms with Gasteiger partial charge in [0.25, 0.3) is 5.91 Å². The second kappa shape index (κ2) is 3.30. The standard InChI is InChI=1S/C9H13N3O/c10-9(13)8-7-2-3-11-5-6(7)1-4-12-8/h1,7,11H,2-5H2,(H2,10,13). The van der Waals surface area contributed by atoms with E-state index < -0.39 is 0 Å². The number of nitrogens with two attached hydrogens (primary N) is 1. The summed E-state index contributed by atoms with van der Waals surface area (Å²) in [5.74, 6) is -0.176. The van der Waals surface area contributed by atoms with E-state index in [1.165, 1.54) is 5.57 Å². The summed E-state index contributed by atoms with van der Waals surface area (Å²) in [6, 6.07) is 0. The maximum absolute atomic E-state index is 11.1. The van der Waals surface area contributed by atoms with Crippen LogP contribution in [0.5, 0.6) is 0 Å². The lowest BCUT2D eigenvalue weighted by Crippen LogP contribution is -2.41. The van der Waals surface area contributed by atoms with Gasteiger partial charge in [-0.15, -0.1) is 0 Å². The number of rotatable bonds is 1. The summed E-state index contributed by atoms with van der Waals surface area (Å²) in [5, 5.41) is 3.27. The van der Waals surface area contributed by atoms with E-state index in [2.05, 4.69) is 16.4 Å². The van der Waals surface area contributed by atoms with E-state index in [0.717, 1.165) is 19.5 Å². The fraction of sp³-hybridized carbons (Fsp3) is 0.556. The zero-order chi connectivity index (χ0) is 9.26. The van der Waals surface area contributed by atoms with E-state index in [0.29, 0.717) is 12.3 Å². The Bertz CT molecular complexity index is 293. The predicted molar refractivity (Wildman–Crippen MR) is 50.6 cm³/mol. The molecule has 4 nitrogen and oxygen atoms in total. The Hall–Kier alpha value is -1.16. The third-order valence-corrected chi connectivity index (χ3v) is 2.58. The van der Waals surface area contributed by atoms with Gasteiger partial charge in [0, 0.05) is 12.5 Å². The Morgan fingerprint density at radius 1 is 1.69 bits per heavy atom. The summed E-state index contributed by atoms with van der Waals surface area (Å²) in [5.41, 5.74) is 7.10. The Balaban J connectivity index is 2.22. The highest BCUT2D eigenvalue weighted by Gasteiger charge is 2.28. The molecule has 0 aliphatic carbocycles. The molecular weight excluding hydrogens is 166 g/mol. The van der Waals surface area contributed by atoms with Gasteiger partial charge in [-0.3, -0.25) is 9.79 Å². The Morgan fingerprint density at radius 3 is 3.31 bits per heavy atom. The molecule has 1 unspecified atom stereocenters. The molecule has 0 spiro atoms. The number of piperidine rings is 1. The first kappa shape index (κ1) is 8.44. The lowest BCUT2D eigenvalue weighted by molar-refractivity contribution is -0.112. The van der Waals surface area contributed by atoms with E-state index in [9.17, 15) is 4.79 Å². The molecular formula is C9H13N3O. The zero-order valence-corrected chi connectivity index (χ0v) is 7.42. The highest BCUT2D eigenvalue weighted by atomic mass is 16.1. The van der Waals surface area contributed by atoms with Crippen LogP contribution in [0.1, 0.15) is 6.42 Å².